The summed E-state index contributed by atoms with van der Waals surface area (Å²) in [4.78, 5) is 17.4. The van der Waals surface area contributed by atoms with Crippen LogP contribution in [0.3, 0.4) is 0 Å². The zero-order valence-electron chi connectivity index (χ0n) is 15.2. The number of aromatic nitrogens is 1. The average molecular weight is 355 g/mol. The van der Waals surface area contributed by atoms with Gasteiger partial charge in [-0.3, -0.25) is 4.79 Å². The molecule has 4 rings (SSSR count). The van der Waals surface area contributed by atoms with Crippen molar-refractivity contribution in [3.63, 3.8) is 0 Å². The number of hydrogen-bond donors (Lipinski definition) is 1. The zero-order valence-corrected chi connectivity index (χ0v) is 16.0. The monoisotopic (exact) mass is 354 g/mol. The predicted molar refractivity (Wildman–Crippen MR) is 103 cm³/mol. The van der Waals surface area contributed by atoms with Gasteiger partial charge >= 0.3 is 0 Å². The second kappa shape index (κ2) is 6.24. The lowest BCUT2D eigenvalue weighted by Crippen LogP contribution is -2.41. The van der Waals surface area contributed by atoms with E-state index in [1.165, 1.54) is 24.2 Å². The molecule has 2 aromatic rings. The molecule has 1 aromatic heterocycles. The van der Waals surface area contributed by atoms with E-state index in [4.69, 9.17) is 0 Å². The minimum absolute atomic E-state index is 0.0166. The lowest BCUT2D eigenvalue weighted by atomic mass is 9.91. The molecule has 25 heavy (non-hydrogen) atoms. The number of rotatable bonds is 6. The van der Waals surface area contributed by atoms with Crippen LogP contribution in [0.5, 0.6) is 0 Å². The Labute approximate surface area is 153 Å². The van der Waals surface area contributed by atoms with Gasteiger partial charge in [-0.1, -0.05) is 51.1 Å². The fraction of sp³-hybridized carbons (Fsp3) is 0.524. The second-order valence-corrected chi connectivity index (χ2v) is 9.11. The van der Waals surface area contributed by atoms with Crippen molar-refractivity contribution < 1.29 is 4.79 Å². The second-order valence-electron chi connectivity index (χ2n) is 8.25. The first-order valence-corrected chi connectivity index (χ1v) is 10.2. The first-order valence-electron chi connectivity index (χ1n) is 9.29. The molecule has 2 unspecified atom stereocenters. The minimum Gasteiger partial charge on any atom is -0.347 e. The standard InChI is InChI=1S/C21H26N2OS/c1-13-9-16(13)10-18(21(3)11-14(21)2)23-19(24)17-12-25-20(22-17)15-7-5-4-6-8-15/h4-8,12-14,16,18H,9-11H2,1-3H3,(H,23,24)/t13?,14?,16-,18+,21-/m1/s1. The topological polar surface area (TPSA) is 42.0 Å². The van der Waals surface area contributed by atoms with Gasteiger partial charge in [-0.15, -0.1) is 11.3 Å². The van der Waals surface area contributed by atoms with Crippen molar-refractivity contribution in [2.75, 3.05) is 0 Å². The molecule has 132 valence electrons. The number of nitrogens with one attached hydrogen (secondary N) is 1. The van der Waals surface area contributed by atoms with Gasteiger partial charge in [-0.2, -0.15) is 0 Å². The number of amides is 1. The minimum atomic E-state index is -0.0166. The van der Waals surface area contributed by atoms with Crippen LogP contribution in [0, 0.1) is 23.2 Å². The maximum atomic E-state index is 12.8. The molecule has 3 nitrogen and oxygen atoms in total. The molecule has 0 radical (unpaired) electrons. The van der Waals surface area contributed by atoms with E-state index >= 15 is 0 Å². The molecule has 1 aromatic carbocycles. The van der Waals surface area contributed by atoms with Crippen LogP contribution in [0.25, 0.3) is 10.6 Å². The molecule has 1 N–H and O–H groups in total. The summed E-state index contributed by atoms with van der Waals surface area (Å²) in [6.45, 7) is 6.94. The van der Waals surface area contributed by atoms with Gasteiger partial charge in [0.05, 0.1) is 0 Å². The molecule has 2 aliphatic rings. The van der Waals surface area contributed by atoms with E-state index in [1.807, 2.05) is 35.7 Å². The molecule has 0 spiro atoms. The summed E-state index contributed by atoms with van der Waals surface area (Å²) >= 11 is 1.54. The Morgan fingerprint density at radius 3 is 2.64 bits per heavy atom. The zero-order chi connectivity index (χ0) is 17.6. The summed E-state index contributed by atoms with van der Waals surface area (Å²) in [6.07, 6.45) is 3.64. The van der Waals surface area contributed by atoms with Gasteiger partial charge in [0.2, 0.25) is 0 Å². The van der Waals surface area contributed by atoms with Crippen molar-refractivity contribution in [2.45, 2.75) is 46.1 Å². The lowest BCUT2D eigenvalue weighted by molar-refractivity contribution is 0.0906. The number of carbonyl (C=O) groups excluding carboxylic acids is 1. The predicted octanol–water partition coefficient (Wildman–Crippen LogP) is 5.00. The number of thiazole rings is 1. The lowest BCUT2D eigenvalue weighted by Gasteiger charge is -2.26. The van der Waals surface area contributed by atoms with E-state index in [0.29, 0.717) is 11.6 Å². The summed E-state index contributed by atoms with van der Waals surface area (Å²) in [5.74, 6) is 2.28. The molecule has 0 bridgehead atoms. The van der Waals surface area contributed by atoms with Crippen molar-refractivity contribution in [3.05, 3.63) is 41.4 Å². The van der Waals surface area contributed by atoms with Crippen LogP contribution in [0.1, 0.15) is 50.5 Å². The summed E-state index contributed by atoms with van der Waals surface area (Å²) in [7, 11) is 0. The van der Waals surface area contributed by atoms with Gasteiger partial charge in [0.15, 0.2) is 0 Å². The van der Waals surface area contributed by atoms with Crippen LogP contribution < -0.4 is 5.32 Å². The molecular weight excluding hydrogens is 328 g/mol. The Hall–Kier alpha value is -1.68. The third-order valence-corrected chi connectivity index (χ3v) is 7.28. The van der Waals surface area contributed by atoms with Crippen LogP contribution in [0.2, 0.25) is 0 Å². The molecule has 2 saturated carbocycles. The molecule has 0 aliphatic heterocycles. The van der Waals surface area contributed by atoms with Crippen LogP contribution in [0.15, 0.2) is 35.7 Å². The Kier molecular flexibility index (Phi) is 4.19. The van der Waals surface area contributed by atoms with Gasteiger partial charge < -0.3 is 5.32 Å². The van der Waals surface area contributed by atoms with Gasteiger partial charge in [0, 0.05) is 17.0 Å². The van der Waals surface area contributed by atoms with Gasteiger partial charge in [-0.05, 0) is 42.4 Å². The van der Waals surface area contributed by atoms with Gasteiger partial charge in [0.1, 0.15) is 10.7 Å². The van der Waals surface area contributed by atoms with Crippen molar-refractivity contribution in [1.82, 2.24) is 10.3 Å². The Balaban J connectivity index is 1.47. The quantitative estimate of drug-likeness (QED) is 0.793. The van der Waals surface area contributed by atoms with E-state index in [9.17, 15) is 4.79 Å². The third kappa shape index (κ3) is 3.37. The summed E-state index contributed by atoms with van der Waals surface area (Å²) in [5, 5.41) is 6.12. The highest BCUT2D eigenvalue weighted by molar-refractivity contribution is 7.13. The highest BCUT2D eigenvalue weighted by Crippen LogP contribution is 2.57. The number of benzene rings is 1. The van der Waals surface area contributed by atoms with Crippen molar-refractivity contribution >= 4 is 17.2 Å². The van der Waals surface area contributed by atoms with E-state index in [1.54, 1.807) is 0 Å². The first-order chi connectivity index (χ1) is 12.0. The van der Waals surface area contributed by atoms with Gasteiger partial charge in [0.25, 0.3) is 5.91 Å². The normalized spacial score (nSPS) is 31.4. The maximum absolute atomic E-state index is 12.8. The maximum Gasteiger partial charge on any atom is 0.271 e. The van der Waals surface area contributed by atoms with Gasteiger partial charge in [-0.25, -0.2) is 4.98 Å². The first kappa shape index (κ1) is 16.8. The number of carbonyl (C=O) groups is 1. The number of nitrogens with zero attached hydrogens (tertiary/aromatic N) is 1. The Morgan fingerprint density at radius 2 is 2.04 bits per heavy atom. The number of hydrogen-bond acceptors (Lipinski definition) is 3. The smallest absolute Gasteiger partial charge is 0.271 e. The molecule has 2 fully saturated rings. The molecule has 4 heteroatoms. The van der Waals surface area contributed by atoms with E-state index in [-0.39, 0.29) is 17.4 Å². The largest absolute Gasteiger partial charge is 0.347 e. The van der Waals surface area contributed by atoms with E-state index in [0.717, 1.165) is 28.8 Å². The van der Waals surface area contributed by atoms with Crippen LogP contribution in [0.4, 0.5) is 0 Å². The van der Waals surface area contributed by atoms with E-state index < -0.39 is 0 Å². The third-order valence-electron chi connectivity index (χ3n) is 6.39. The molecule has 2 aliphatic carbocycles. The Morgan fingerprint density at radius 1 is 1.36 bits per heavy atom. The average Bonchev–Trinajstić information content (AvgIpc) is 3.37. The fourth-order valence-corrected chi connectivity index (χ4v) is 4.74. The fourth-order valence-electron chi connectivity index (χ4n) is 3.93. The SMILES string of the molecule is CC1C[C@@H]1C[C@H](NC(=O)c1csc(-c2ccccc2)n1)[C@]1(C)CC1C. The van der Waals surface area contributed by atoms with Crippen molar-refractivity contribution in [2.24, 2.45) is 23.2 Å². The van der Waals surface area contributed by atoms with Crippen LogP contribution in [-0.2, 0) is 0 Å². The highest BCUT2D eigenvalue weighted by Gasteiger charge is 2.54. The summed E-state index contributed by atoms with van der Waals surface area (Å²) < 4.78 is 0. The summed E-state index contributed by atoms with van der Waals surface area (Å²) in [6, 6.07) is 10.3. The van der Waals surface area contributed by atoms with Crippen LogP contribution >= 0.6 is 11.3 Å². The molecule has 5 atom stereocenters. The molecular formula is C21H26N2OS. The van der Waals surface area contributed by atoms with Crippen LogP contribution in [-0.4, -0.2) is 16.9 Å². The van der Waals surface area contributed by atoms with Crippen molar-refractivity contribution in [3.8, 4) is 10.6 Å². The molecule has 1 amide bonds. The summed E-state index contributed by atoms with van der Waals surface area (Å²) in [5.41, 5.74) is 1.88. The van der Waals surface area contributed by atoms with E-state index in [2.05, 4.69) is 31.1 Å². The molecule has 1 heterocycles. The van der Waals surface area contributed by atoms with Crippen molar-refractivity contribution in [1.29, 1.82) is 0 Å². The highest BCUT2D eigenvalue weighted by atomic mass is 32.1. The molecule has 0 saturated heterocycles. The Bertz CT molecular complexity index is 771.